The second-order valence-corrected chi connectivity index (χ2v) is 5.25. The summed E-state index contributed by atoms with van der Waals surface area (Å²) in [4.78, 5) is 4.29. The number of rotatable bonds is 2. The second-order valence-electron chi connectivity index (χ2n) is 5.25. The van der Waals surface area contributed by atoms with Crippen LogP contribution in [-0.2, 0) is 5.41 Å². The molecule has 0 atom stereocenters. The largest absolute Gasteiger partial charge is 0.397 e. The van der Waals surface area contributed by atoms with E-state index in [9.17, 15) is 10.4 Å². The molecule has 0 unspecified atom stereocenters. The van der Waals surface area contributed by atoms with Gasteiger partial charge in [-0.25, -0.2) is 0 Å². The highest BCUT2D eigenvalue weighted by Crippen LogP contribution is 2.43. The Morgan fingerprint density at radius 3 is 2.50 bits per heavy atom. The number of hydrogen-bond donors (Lipinski definition) is 2. The lowest BCUT2D eigenvalue weighted by Gasteiger charge is -2.39. The molecule has 0 aliphatic heterocycles. The smallest absolute Gasteiger partial charge is 0.0995 e. The van der Waals surface area contributed by atoms with Crippen LogP contribution in [0, 0.1) is 11.3 Å². The molecule has 0 bridgehead atoms. The van der Waals surface area contributed by atoms with E-state index in [2.05, 4.69) is 11.1 Å². The summed E-state index contributed by atoms with van der Waals surface area (Å²) in [5.74, 6) is 0. The van der Waals surface area contributed by atoms with E-state index in [1.54, 1.807) is 12.3 Å². The van der Waals surface area contributed by atoms with Gasteiger partial charge < -0.3 is 10.8 Å². The molecule has 0 amide bonds. The second kappa shape index (κ2) is 4.58. The van der Waals surface area contributed by atoms with Crippen molar-refractivity contribution in [2.45, 2.75) is 50.0 Å². The van der Waals surface area contributed by atoms with Crippen LogP contribution in [0.3, 0.4) is 0 Å². The van der Waals surface area contributed by atoms with Crippen molar-refractivity contribution >= 4 is 5.69 Å². The fourth-order valence-electron chi connectivity index (χ4n) is 2.61. The predicted octanol–water partition coefficient (Wildman–Crippen LogP) is 2.14. The Morgan fingerprint density at radius 2 is 2.06 bits per heavy atom. The topological polar surface area (TPSA) is 82.9 Å². The van der Waals surface area contributed by atoms with Gasteiger partial charge >= 0.3 is 0 Å². The van der Waals surface area contributed by atoms with E-state index in [1.165, 1.54) is 0 Å². The van der Waals surface area contributed by atoms with Gasteiger partial charge in [-0.15, -0.1) is 0 Å². The fourth-order valence-corrected chi connectivity index (χ4v) is 2.61. The van der Waals surface area contributed by atoms with Crippen LogP contribution in [0.2, 0.25) is 0 Å². The molecule has 2 rings (SSSR count). The summed E-state index contributed by atoms with van der Waals surface area (Å²) in [6.07, 6.45) is 4.96. The Kier molecular flexibility index (Phi) is 3.27. The van der Waals surface area contributed by atoms with Crippen LogP contribution in [0.5, 0.6) is 0 Å². The molecular weight excluding hydrogens is 226 g/mol. The van der Waals surface area contributed by atoms with E-state index in [1.807, 2.05) is 13.0 Å². The first-order valence-corrected chi connectivity index (χ1v) is 6.39. The minimum absolute atomic E-state index is 0.560. The molecule has 1 aromatic heterocycles. The van der Waals surface area contributed by atoms with E-state index >= 15 is 0 Å². The molecule has 1 saturated carbocycles. The summed E-state index contributed by atoms with van der Waals surface area (Å²) in [5, 5.41) is 19.8. The molecular formula is C14H19N3O. The van der Waals surface area contributed by atoms with Gasteiger partial charge in [0.15, 0.2) is 0 Å². The van der Waals surface area contributed by atoms with Crippen LogP contribution in [0.25, 0.3) is 0 Å². The van der Waals surface area contributed by atoms with Gasteiger partial charge in [-0.2, -0.15) is 5.26 Å². The molecule has 4 nitrogen and oxygen atoms in total. The zero-order chi connectivity index (χ0) is 13.2. The van der Waals surface area contributed by atoms with Gasteiger partial charge in [0.25, 0.3) is 0 Å². The first kappa shape index (κ1) is 12.8. The maximum Gasteiger partial charge on any atom is 0.0995 e. The molecule has 1 heterocycles. The van der Waals surface area contributed by atoms with Crippen molar-refractivity contribution in [2.24, 2.45) is 0 Å². The molecule has 96 valence electrons. The van der Waals surface area contributed by atoms with Gasteiger partial charge in [0.05, 0.1) is 34.7 Å². The molecule has 0 spiro atoms. The average molecular weight is 245 g/mol. The van der Waals surface area contributed by atoms with E-state index in [-0.39, 0.29) is 0 Å². The number of aromatic nitrogens is 1. The van der Waals surface area contributed by atoms with Crippen LogP contribution < -0.4 is 5.73 Å². The number of anilines is 1. The molecule has 1 aromatic rings. The SMILES string of the molecule is CCC1(O)CCC(C#N)(c2ccc(N)cn2)CC1. The number of aliphatic hydroxyl groups is 1. The van der Waals surface area contributed by atoms with Gasteiger partial charge in [0, 0.05) is 0 Å². The quantitative estimate of drug-likeness (QED) is 0.836. The first-order chi connectivity index (χ1) is 8.53. The third kappa shape index (κ3) is 2.19. The first-order valence-electron chi connectivity index (χ1n) is 6.39. The number of pyridine rings is 1. The van der Waals surface area contributed by atoms with E-state index in [0.29, 0.717) is 31.4 Å². The number of nitrogen functional groups attached to an aromatic ring is 1. The van der Waals surface area contributed by atoms with Crippen LogP contribution >= 0.6 is 0 Å². The van der Waals surface area contributed by atoms with Crippen molar-refractivity contribution in [1.29, 1.82) is 5.26 Å². The Balaban J connectivity index is 2.24. The normalized spacial score (nSPS) is 31.8. The average Bonchev–Trinajstić information content (AvgIpc) is 2.41. The maximum absolute atomic E-state index is 10.2. The number of hydrogen-bond acceptors (Lipinski definition) is 4. The lowest BCUT2D eigenvalue weighted by atomic mass is 9.67. The van der Waals surface area contributed by atoms with Crippen molar-refractivity contribution in [3.05, 3.63) is 24.0 Å². The zero-order valence-electron chi connectivity index (χ0n) is 10.7. The third-order valence-electron chi connectivity index (χ3n) is 4.18. The van der Waals surface area contributed by atoms with Gasteiger partial charge in [-0.1, -0.05) is 6.92 Å². The number of nitrogens with two attached hydrogens (primary N) is 1. The molecule has 1 aliphatic rings. The number of nitriles is 1. The highest BCUT2D eigenvalue weighted by atomic mass is 16.3. The molecule has 3 N–H and O–H groups in total. The number of nitrogens with zero attached hydrogens (tertiary/aromatic N) is 2. The lowest BCUT2D eigenvalue weighted by molar-refractivity contribution is -0.0124. The molecule has 4 heteroatoms. The van der Waals surface area contributed by atoms with E-state index < -0.39 is 11.0 Å². The molecule has 1 fully saturated rings. The molecule has 0 saturated heterocycles. The summed E-state index contributed by atoms with van der Waals surface area (Å²) in [7, 11) is 0. The summed E-state index contributed by atoms with van der Waals surface area (Å²) in [6, 6.07) is 6.01. The highest BCUT2D eigenvalue weighted by molar-refractivity contribution is 5.38. The Bertz CT molecular complexity index is 453. The van der Waals surface area contributed by atoms with Crippen LogP contribution in [0.15, 0.2) is 18.3 Å². The lowest BCUT2D eigenvalue weighted by Crippen LogP contribution is -2.40. The van der Waals surface area contributed by atoms with Crippen LogP contribution in [-0.4, -0.2) is 15.7 Å². The van der Waals surface area contributed by atoms with Gasteiger partial charge in [0.2, 0.25) is 0 Å². The zero-order valence-corrected chi connectivity index (χ0v) is 10.7. The Hall–Kier alpha value is -1.60. The third-order valence-corrected chi connectivity index (χ3v) is 4.18. The summed E-state index contributed by atoms with van der Waals surface area (Å²) >= 11 is 0. The maximum atomic E-state index is 10.2. The van der Waals surface area contributed by atoms with Crippen molar-refractivity contribution < 1.29 is 5.11 Å². The Labute approximate surface area is 107 Å². The fraction of sp³-hybridized carbons (Fsp3) is 0.571. The molecule has 0 radical (unpaired) electrons. The monoisotopic (exact) mass is 245 g/mol. The molecule has 18 heavy (non-hydrogen) atoms. The van der Waals surface area contributed by atoms with Gasteiger partial charge in [0.1, 0.15) is 0 Å². The summed E-state index contributed by atoms with van der Waals surface area (Å²) in [6.45, 7) is 1.99. The minimum Gasteiger partial charge on any atom is -0.397 e. The molecule has 0 aromatic carbocycles. The minimum atomic E-state index is -0.603. The summed E-state index contributed by atoms with van der Waals surface area (Å²) in [5.41, 5.74) is 5.84. The standard InChI is InChI=1S/C14H19N3O/c1-2-14(18)7-5-13(10-15,6-8-14)12-4-3-11(16)9-17-12/h3-4,9,18H,2,5-8,16H2,1H3. The highest BCUT2D eigenvalue weighted by Gasteiger charge is 2.43. The van der Waals surface area contributed by atoms with Crippen molar-refractivity contribution in [1.82, 2.24) is 4.98 Å². The van der Waals surface area contributed by atoms with Crippen molar-refractivity contribution in [3.63, 3.8) is 0 Å². The van der Waals surface area contributed by atoms with Crippen molar-refractivity contribution in [3.8, 4) is 6.07 Å². The van der Waals surface area contributed by atoms with Crippen LogP contribution in [0.4, 0.5) is 5.69 Å². The van der Waals surface area contributed by atoms with E-state index in [4.69, 9.17) is 5.73 Å². The molecule has 1 aliphatic carbocycles. The Morgan fingerprint density at radius 1 is 1.39 bits per heavy atom. The predicted molar refractivity (Wildman–Crippen MR) is 69.6 cm³/mol. The van der Waals surface area contributed by atoms with Crippen molar-refractivity contribution in [2.75, 3.05) is 5.73 Å². The summed E-state index contributed by atoms with van der Waals surface area (Å²) < 4.78 is 0. The van der Waals surface area contributed by atoms with Crippen LogP contribution in [0.1, 0.15) is 44.7 Å². The van der Waals surface area contributed by atoms with Gasteiger partial charge in [-0.05, 0) is 44.2 Å². The van der Waals surface area contributed by atoms with Gasteiger partial charge in [-0.3, -0.25) is 4.98 Å². The van der Waals surface area contributed by atoms with E-state index in [0.717, 1.165) is 12.1 Å².